The van der Waals surface area contributed by atoms with Gasteiger partial charge in [0.1, 0.15) is 17.3 Å². The highest BCUT2D eigenvalue weighted by Crippen LogP contribution is 2.26. The lowest BCUT2D eigenvalue weighted by atomic mass is 10.1. The van der Waals surface area contributed by atoms with Crippen LogP contribution in [0.15, 0.2) is 54.2 Å². The van der Waals surface area contributed by atoms with Gasteiger partial charge < -0.3 is 10.3 Å². The Morgan fingerprint density at radius 1 is 1.31 bits per heavy atom. The minimum absolute atomic E-state index is 0.0469. The second-order valence-corrected chi connectivity index (χ2v) is 5.69. The largest absolute Gasteiger partial charge is 0.361 e. The van der Waals surface area contributed by atoms with Gasteiger partial charge in [-0.1, -0.05) is 24.3 Å². The van der Waals surface area contributed by atoms with Crippen molar-refractivity contribution >= 4 is 34.3 Å². The number of rotatable bonds is 4. The van der Waals surface area contributed by atoms with Crippen LogP contribution in [-0.2, 0) is 4.79 Å². The van der Waals surface area contributed by atoms with Gasteiger partial charge in [-0.3, -0.25) is 14.9 Å². The number of nitrogens with zero attached hydrogens (tertiary/aromatic N) is 2. The van der Waals surface area contributed by atoms with Gasteiger partial charge in [0.15, 0.2) is 0 Å². The molecule has 0 aliphatic carbocycles. The summed E-state index contributed by atoms with van der Waals surface area (Å²) < 4.78 is 0. The highest BCUT2D eigenvalue weighted by Gasteiger charge is 2.18. The summed E-state index contributed by atoms with van der Waals surface area (Å²) >= 11 is 0. The Morgan fingerprint density at radius 3 is 2.81 bits per heavy atom. The van der Waals surface area contributed by atoms with Crippen LogP contribution in [-0.4, -0.2) is 15.8 Å². The quantitative estimate of drug-likeness (QED) is 0.322. The fourth-order valence-corrected chi connectivity index (χ4v) is 2.61. The average molecular weight is 346 g/mol. The molecule has 0 radical (unpaired) electrons. The Balaban J connectivity index is 1.93. The maximum absolute atomic E-state index is 12.4. The van der Waals surface area contributed by atoms with E-state index in [0.29, 0.717) is 11.1 Å². The number of hydrogen-bond donors (Lipinski definition) is 2. The fraction of sp³-hybridized carbons (Fsp3) is 0.0526. The van der Waals surface area contributed by atoms with E-state index in [1.54, 1.807) is 19.2 Å². The molecule has 26 heavy (non-hydrogen) atoms. The summed E-state index contributed by atoms with van der Waals surface area (Å²) in [5.41, 5.74) is 1.94. The van der Waals surface area contributed by atoms with E-state index in [4.69, 9.17) is 0 Å². The van der Waals surface area contributed by atoms with Crippen molar-refractivity contribution in [3.8, 4) is 6.07 Å². The molecule has 0 aliphatic heterocycles. The van der Waals surface area contributed by atoms with Gasteiger partial charge in [-0.15, -0.1) is 0 Å². The van der Waals surface area contributed by atoms with E-state index < -0.39 is 10.8 Å². The number of H-pyrrole nitrogens is 1. The van der Waals surface area contributed by atoms with E-state index in [1.807, 2.05) is 30.3 Å². The Bertz CT molecular complexity index is 1090. The number of nitro benzene ring substituents is 1. The monoisotopic (exact) mass is 346 g/mol. The van der Waals surface area contributed by atoms with Crippen molar-refractivity contribution < 1.29 is 9.72 Å². The first kappa shape index (κ1) is 16.9. The molecule has 3 aromatic rings. The van der Waals surface area contributed by atoms with Gasteiger partial charge in [0.2, 0.25) is 0 Å². The molecule has 2 N–H and O–H groups in total. The number of aryl methyl sites for hydroxylation is 1. The average Bonchev–Trinajstić information content (AvgIpc) is 3.04. The molecule has 0 unspecified atom stereocenters. The molecule has 7 nitrogen and oxygen atoms in total. The molecule has 1 heterocycles. The smallest absolute Gasteiger partial charge is 0.293 e. The molecule has 1 aromatic heterocycles. The topological polar surface area (TPSA) is 112 Å². The summed E-state index contributed by atoms with van der Waals surface area (Å²) in [4.78, 5) is 26.1. The third kappa shape index (κ3) is 3.30. The number of carbonyl (C=O) groups is 1. The first-order valence-electron chi connectivity index (χ1n) is 7.74. The lowest BCUT2D eigenvalue weighted by molar-refractivity contribution is -0.384. The number of carbonyl (C=O) groups excluding carboxylic acids is 1. The summed E-state index contributed by atoms with van der Waals surface area (Å²) in [7, 11) is 0. The third-order valence-electron chi connectivity index (χ3n) is 3.88. The summed E-state index contributed by atoms with van der Waals surface area (Å²) in [5, 5.41) is 23.8. The van der Waals surface area contributed by atoms with Crippen LogP contribution in [0.4, 0.5) is 11.4 Å². The SMILES string of the molecule is Cc1ccc(NC(=O)/C(C#N)=C/c2c[nH]c3ccccc23)c([N+](=O)[O-])c1. The molecular weight excluding hydrogens is 332 g/mol. The predicted octanol–water partition coefficient (Wildman–Crippen LogP) is 3.93. The first-order chi connectivity index (χ1) is 12.5. The second kappa shape index (κ2) is 6.91. The van der Waals surface area contributed by atoms with Crippen molar-refractivity contribution in [1.29, 1.82) is 5.26 Å². The number of anilines is 1. The van der Waals surface area contributed by atoms with Gasteiger partial charge in [-0.05, 0) is 30.7 Å². The van der Waals surface area contributed by atoms with Crippen LogP contribution in [0.3, 0.4) is 0 Å². The molecule has 128 valence electrons. The molecule has 0 bridgehead atoms. The van der Waals surface area contributed by atoms with Gasteiger partial charge in [0.25, 0.3) is 11.6 Å². The fourth-order valence-electron chi connectivity index (χ4n) is 2.61. The highest BCUT2D eigenvalue weighted by atomic mass is 16.6. The zero-order chi connectivity index (χ0) is 18.7. The number of aromatic amines is 1. The summed E-state index contributed by atoms with van der Waals surface area (Å²) in [6.07, 6.45) is 3.15. The second-order valence-electron chi connectivity index (χ2n) is 5.69. The maximum atomic E-state index is 12.4. The van der Waals surface area contributed by atoms with Crippen molar-refractivity contribution in [3.63, 3.8) is 0 Å². The molecule has 0 fully saturated rings. The van der Waals surface area contributed by atoms with E-state index in [1.165, 1.54) is 18.2 Å². The predicted molar refractivity (Wildman–Crippen MR) is 98.4 cm³/mol. The van der Waals surface area contributed by atoms with E-state index >= 15 is 0 Å². The standard InChI is InChI=1S/C19H14N4O3/c1-12-6-7-17(18(8-12)23(25)26)22-19(24)13(10-20)9-14-11-21-16-5-3-2-4-15(14)16/h2-9,11,21H,1H3,(H,22,24)/b13-9+. The Kier molecular flexibility index (Phi) is 4.50. The van der Waals surface area contributed by atoms with Crippen LogP contribution in [0.1, 0.15) is 11.1 Å². The van der Waals surface area contributed by atoms with E-state index in [0.717, 1.165) is 10.9 Å². The number of nitro groups is 1. The normalized spacial score (nSPS) is 11.2. The van der Waals surface area contributed by atoms with Crippen LogP contribution >= 0.6 is 0 Å². The van der Waals surface area contributed by atoms with Gasteiger partial charge in [0, 0.05) is 28.7 Å². The highest BCUT2D eigenvalue weighted by molar-refractivity contribution is 6.11. The van der Waals surface area contributed by atoms with Crippen LogP contribution in [0.5, 0.6) is 0 Å². The summed E-state index contributed by atoms with van der Waals surface area (Å²) in [6, 6.07) is 13.8. The van der Waals surface area contributed by atoms with Crippen molar-refractivity contribution in [2.45, 2.75) is 6.92 Å². The number of nitrogens with one attached hydrogen (secondary N) is 2. The molecule has 0 saturated heterocycles. The summed E-state index contributed by atoms with van der Waals surface area (Å²) in [5.74, 6) is -0.704. The van der Waals surface area contributed by atoms with Gasteiger partial charge in [-0.25, -0.2) is 0 Å². The van der Waals surface area contributed by atoms with Gasteiger partial charge in [0.05, 0.1) is 4.92 Å². The zero-order valence-electron chi connectivity index (χ0n) is 13.8. The summed E-state index contributed by atoms with van der Waals surface area (Å²) in [6.45, 7) is 1.72. The van der Waals surface area contributed by atoms with Crippen molar-refractivity contribution in [2.24, 2.45) is 0 Å². The first-order valence-corrected chi connectivity index (χ1v) is 7.74. The van der Waals surface area contributed by atoms with E-state index in [-0.39, 0.29) is 16.9 Å². The zero-order valence-corrected chi connectivity index (χ0v) is 13.8. The minimum Gasteiger partial charge on any atom is -0.361 e. The van der Waals surface area contributed by atoms with Crippen molar-refractivity contribution in [1.82, 2.24) is 4.98 Å². The minimum atomic E-state index is -0.704. The number of aromatic nitrogens is 1. The third-order valence-corrected chi connectivity index (χ3v) is 3.88. The van der Waals surface area contributed by atoms with Crippen molar-refractivity contribution in [3.05, 3.63) is 75.5 Å². The molecule has 3 rings (SSSR count). The molecule has 7 heteroatoms. The molecule has 0 atom stereocenters. The number of hydrogen-bond acceptors (Lipinski definition) is 4. The Labute approximate surface area is 148 Å². The van der Waals surface area contributed by atoms with Crippen LogP contribution in [0.2, 0.25) is 0 Å². The van der Waals surface area contributed by atoms with Crippen LogP contribution < -0.4 is 5.32 Å². The van der Waals surface area contributed by atoms with Crippen LogP contribution in [0, 0.1) is 28.4 Å². The van der Waals surface area contributed by atoms with E-state index in [2.05, 4.69) is 10.3 Å². The van der Waals surface area contributed by atoms with Gasteiger partial charge in [-0.2, -0.15) is 5.26 Å². The molecular formula is C19H14N4O3. The number of amides is 1. The number of nitriles is 1. The molecule has 0 saturated carbocycles. The molecule has 2 aromatic carbocycles. The lowest BCUT2D eigenvalue weighted by Crippen LogP contribution is -2.14. The number of fused-ring (bicyclic) bond motifs is 1. The molecule has 0 spiro atoms. The number of benzene rings is 2. The molecule has 1 amide bonds. The molecule has 0 aliphatic rings. The number of para-hydroxylation sites is 1. The Morgan fingerprint density at radius 2 is 2.08 bits per heavy atom. The van der Waals surface area contributed by atoms with Gasteiger partial charge >= 0.3 is 0 Å². The van der Waals surface area contributed by atoms with Crippen LogP contribution in [0.25, 0.3) is 17.0 Å². The van der Waals surface area contributed by atoms with E-state index in [9.17, 15) is 20.2 Å². The van der Waals surface area contributed by atoms with Crippen molar-refractivity contribution in [2.75, 3.05) is 5.32 Å². The lowest BCUT2D eigenvalue weighted by Gasteiger charge is -2.06. The maximum Gasteiger partial charge on any atom is 0.293 e. The Hall–Kier alpha value is -3.92.